The molecule has 0 aliphatic rings. The average molecular weight is 566 g/mol. The number of ether oxygens (including phenoxy) is 2. The van der Waals surface area contributed by atoms with Crippen molar-refractivity contribution < 1.29 is 9.47 Å². The van der Waals surface area contributed by atoms with Gasteiger partial charge in [0.1, 0.15) is 0 Å². The number of hydrogen-bond acceptors (Lipinski definition) is 3. The van der Waals surface area contributed by atoms with Crippen molar-refractivity contribution in [2.24, 2.45) is 0 Å². The van der Waals surface area contributed by atoms with Crippen molar-refractivity contribution in [3.63, 3.8) is 0 Å². The van der Waals surface area contributed by atoms with Crippen LogP contribution in [0, 0.1) is 0 Å². The molecule has 1 atom stereocenters. The fraction of sp³-hybridized carbons (Fsp3) is 0.684. The lowest BCUT2D eigenvalue weighted by atomic mass is 10.1. The maximum Gasteiger partial charge on any atom is 0.0820 e. The van der Waals surface area contributed by atoms with Crippen LogP contribution in [0.15, 0.2) is 60.7 Å². The maximum absolute atomic E-state index is 6.47. The molecule has 3 nitrogen and oxygen atoms in total. The Kier molecular flexibility index (Phi) is 22.5. The van der Waals surface area contributed by atoms with E-state index in [0.717, 1.165) is 45.9 Å². The van der Waals surface area contributed by atoms with E-state index in [1.165, 1.54) is 114 Å². The Balaban J connectivity index is 1.78. The fourth-order valence-electron chi connectivity index (χ4n) is 5.48. The number of benzene rings is 2. The van der Waals surface area contributed by atoms with Crippen LogP contribution in [-0.4, -0.2) is 37.4 Å². The summed E-state index contributed by atoms with van der Waals surface area (Å²) in [5, 5.41) is 0. The zero-order valence-corrected chi connectivity index (χ0v) is 26.9. The summed E-state index contributed by atoms with van der Waals surface area (Å²) in [6.07, 6.45) is 22.5. The minimum absolute atomic E-state index is 0.169. The molecule has 2 aromatic carbocycles. The average Bonchev–Trinajstić information content (AvgIpc) is 3.00. The molecular formula is C38H63NO2. The molecule has 3 heteroatoms. The molecule has 0 aromatic heterocycles. The van der Waals surface area contributed by atoms with Gasteiger partial charge in [-0.2, -0.15) is 0 Å². The van der Waals surface area contributed by atoms with E-state index in [9.17, 15) is 0 Å². The molecule has 0 fully saturated rings. The monoisotopic (exact) mass is 565 g/mol. The lowest BCUT2D eigenvalue weighted by molar-refractivity contribution is -0.0269. The number of unbranched alkanes of at least 4 members (excludes halogenated alkanes) is 14. The van der Waals surface area contributed by atoms with Gasteiger partial charge in [-0.25, -0.2) is 0 Å². The highest BCUT2D eigenvalue weighted by Gasteiger charge is 2.14. The van der Waals surface area contributed by atoms with E-state index in [2.05, 4.69) is 79.4 Å². The second-order valence-corrected chi connectivity index (χ2v) is 12.0. The van der Waals surface area contributed by atoms with Crippen molar-refractivity contribution >= 4 is 0 Å². The van der Waals surface area contributed by atoms with Gasteiger partial charge in [0.2, 0.25) is 0 Å². The van der Waals surface area contributed by atoms with Gasteiger partial charge in [-0.3, -0.25) is 4.90 Å². The van der Waals surface area contributed by atoms with Crippen LogP contribution < -0.4 is 0 Å². The Morgan fingerprint density at radius 2 is 0.976 bits per heavy atom. The predicted octanol–water partition coefficient (Wildman–Crippen LogP) is 10.8. The first-order valence-corrected chi connectivity index (χ1v) is 17.3. The molecule has 41 heavy (non-hydrogen) atoms. The molecule has 0 saturated carbocycles. The standard InChI is InChI=1S/C38H63NO2/c1-3-5-7-9-11-13-15-23-31-40-35-38(41-32-24-16-14-12-10-8-6-4-2)29-30-39(33-36-25-19-17-20-26-36)34-37-27-21-18-22-28-37/h17-22,25-28,38H,3-16,23-24,29-35H2,1-2H3. The van der Waals surface area contributed by atoms with Crippen molar-refractivity contribution in [3.05, 3.63) is 71.8 Å². The molecule has 0 amide bonds. The maximum atomic E-state index is 6.47. The van der Waals surface area contributed by atoms with Gasteiger partial charge in [0.25, 0.3) is 0 Å². The molecule has 0 saturated heterocycles. The largest absolute Gasteiger partial charge is 0.379 e. The minimum Gasteiger partial charge on any atom is -0.379 e. The first kappa shape index (κ1) is 35.5. The van der Waals surface area contributed by atoms with Crippen LogP contribution in [0.3, 0.4) is 0 Å². The molecule has 0 heterocycles. The van der Waals surface area contributed by atoms with Crippen molar-refractivity contribution in [2.75, 3.05) is 26.4 Å². The van der Waals surface area contributed by atoms with Crippen molar-refractivity contribution in [3.8, 4) is 0 Å². The first-order chi connectivity index (χ1) is 20.3. The fourth-order valence-corrected chi connectivity index (χ4v) is 5.48. The Bertz CT molecular complexity index is 755. The summed E-state index contributed by atoms with van der Waals surface area (Å²) in [4.78, 5) is 2.57. The predicted molar refractivity (Wildman–Crippen MR) is 177 cm³/mol. The van der Waals surface area contributed by atoms with Gasteiger partial charge < -0.3 is 9.47 Å². The Hall–Kier alpha value is -1.68. The molecule has 0 N–H and O–H groups in total. The van der Waals surface area contributed by atoms with E-state index in [-0.39, 0.29) is 6.10 Å². The molecule has 0 aliphatic carbocycles. The molecule has 0 radical (unpaired) electrons. The lowest BCUT2D eigenvalue weighted by Crippen LogP contribution is -2.30. The topological polar surface area (TPSA) is 21.7 Å². The quantitative estimate of drug-likeness (QED) is 0.0958. The van der Waals surface area contributed by atoms with Crippen molar-refractivity contribution in [1.29, 1.82) is 0 Å². The molecular weight excluding hydrogens is 502 g/mol. The third-order valence-corrected chi connectivity index (χ3v) is 8.06. The smallest absolute Gasteiger partial charge is 0.0820 e. The summed E-state index contributed by atoms with van der Waals surface area (Å²) in [5.74, 6) is 0. The van der Waals surface area contributed by atoms with E-state index in [1.807, 2.05) is 0 Å². The zero-order chi connectivity index (χ0) is 29.1. The molecule has 232 valence electrons. The second kappa shape index (κ2) is 26.0. The summed E-state index contributed by atoms with van der Waals surface area (Å²) in [5.41, 5.74) is 2.73. The molecule has 0 bridgehead atoms. The van der Waals surface area contributed by atoms with Crippen LogP contribution in [-0.2, 0) is 22.6 Å². The van der Waals surface area contributed by atoms with Gasteiger partial charge in [0.15, 0.2) is 0 Å². The number of rotatable bonds is 28. The van der Waals surface area contributed by atoms with Gasteiger partial charge in [-0.15, -0.1) is 0 Å². The van der Waals surface area contributed by atoms with Crippen LogP contribution in [0.5, 0.6) is 0 Å². The van der Waals surface area contributed by atoms with E-state index in [0.29, 0.717) is 0 Å². The van der Waals surface area contributed by atoms with Gasteiger partial charge in [-0.1, -0.05) is 164 Å². The van der Waals surface area contributed by atoms with Crippen LogP contribution in [0.25, 0.3) is 0 Å². The summed E-state index contributed by atoms with van der Waals surface area (Å²) >= 11 is 0. The van der Waals surface area contributed by atoms with Gasteiger partial charge in [0, 0.05) is 32.8 Å². The van der Waals surface area contributed by atoms with Crippen LogP contribution in [0.2, 0.25) is 0 Å². The summed E-state index contributed by atoms with van der Waals surface area (Å²) in [6.45, 7) is 9.94. The molecule has 0 aliphatic heterocycles. The summed E-state index contributed by atoms with van der Waals surface area (Å²) in [7, 11) is 0. The van der Waals surface area contributed by atoms with E-state index >= 15 is 0 Å². The molecule has 2 rings (SSSR count). The number of hydrogen-bond donors (Lipinski definition) is 0. The summed E-state index contributed by atoms with van der Waals surface area (Å²) < 4.78 is 12.7. The van der Waals surface area contributed by atoms with E-state index < -0.39 is 0 Å². The third kappa shape index (κ3) is 20.0. The SMILES string of the molecule is CCCCCCCCCCOCC(CCN(Cc1ccccc1)Cc1ccccc1)OCCCCCCCCCC. The Morgan fingerprint density at radius 1 is 0.537 bits per heavy atom. The Morgan fingerprint density at radius 3 is 1.46 bits per heavy atom. The molecule has 0 spiro atoms. The highest BCUT2D eigenvalue weighted by atomic mass is 16.5. The molecule has 2 aromatic rings. The normalized spacial score (nSPS) is 12.3. The zero-order valence-electron chi connectivity index (χ0n) is 26.9. The number of nitrogens with zero attached hydrogens (tertiary/aromatic N) is 1. The van der Waals surface area contributed by atoms with Crippen LogP contribution in [0.4, 0.5) is 0 Å². The lowest BCUT2D eigenvalue weighted by Gasteiger charge is -2.26. The second-order valence-electron chi connectivity index (χ2n) is 12.0. The highest BCUT2D eigenvalue weighted by molar-refractivity contribution is 5.17. The van der Waals surface area contributed by atoms with Gasteiger partial charge in [-0.05, 0) is 30.4 Å². The van der Waals surface area contributed by atoms with Gasteiger partial charge >= 0.3 is 0 Å². The van der Waals surface area contributed by atoms with E-state index in [1.54, 1.807) is 0 Å². The van der Waals surface area contributed by atoms with Crippen molar-refractivity contribution in [2.45, 2.75) is 142 Å². The Labute approximate surface area is 254 Å². The minimum atomic E-state index is 0.169. The van der Waals surface area contributed by atoms with Crippen molar-refractivity contribution in [1.82, 2.24) is 4.90 Å². The van der Waals surface area contributed by atoms with Crippen LogP contribution >= 0.6 is 0 Å². The first-order valence-electron chi connectivity index (χ1n) is 17.3. The van der Waals surface area contributed by atoms with Gasteiger partial charge in [0.05, 0.1) is 12.7 Å². The highest BCUT2D eigenvalue weighted by Crippen LogP contribution is 2.14. The summed E-state index contributed by atoms with van der Waals surface area (Å²) in [6, 6.07) is 21.7. The van der Waals surface area contributed by atoms with E-state index in [4.69, 9.17) is 9.47 Å². The molecule has 1 unspecified atom stereocenters. The van der Waals surface area contributed by atoms with Crippen LogP contribution in [0.1, 0.15) is 134 Å². The third-order valence-electron chi connectivity index (χ3n) is 8.06.